The van der Waals surface area contributed by atoms with E-state index in [1.807, 2.05) is 20.9 Å². The minimum Gasteiger partial charge on any atom is -0.471 e. The van der Waals surface area contributed by atoms with Crippen LogP contribution in [0.2, 0.25) is 0 Å². The number of rotatable bonds is 4. The van der Waals surface area contributed by atoms with Gasteiger partial charge in [0.25, 0.3) is 6.47 Å². The summed E-state index contributed by atoms with van der Waals surface area (Å²) in [5.74, 6) is 0.611. The Morgan fingerprint density at radius 2 is 1.85 bits per heavy atom. The summed E-state index contributed by atoms with van der Waals surface area (Å²) in [6, 6.07) is 0.0324. The monoisotopic (exact) mass is 189 g/mol. The second-order valence-electron chi connectivity index (χ2n) is 2.95. The number of carbonyl (C=O) groups excluding carboxylic acids is 2. The summed E-state index contributed by atoms with van der Waals surface area (Å²) in [7, 11) is 3.12. The molecule has 0 aromatic rings. The molecule has 0 heterocycles. The summed E-state index contributed by atoms with van der Waals surface area (Å²) in [6.07, 6.45) is 0. The fourth-order valence-corrected chi connectivity index (χ4v) is 1.01. The van der Waals surface area contributed by atoms with Gasteiger partial charge in [0.05, 0.1) is 13.2 Å². The van der Waals surface area contributed by atoms with Crippen LogP contribution in [-0.4, -0.2) is 32.5 Å². The summed E-state index contributed by atoms with van der Waals surface area (Å²) in [4.78, 5) is 19.7. The lowest BCUT2D eigenvalue weighted by Gasteiger charge is -2.15. The van der Waals surface area contributed by atoms with Gasteiger partial charge in [-0.3, -0.25) is 9.59 Å². The van der Waals surface area contributed by atoms with Crippen molar-refractivity contribution < 1.29 is 14.3 Å². The van der Waals surface area contributed by atoms with E-state index in [9.17, 15) is 4.79 Å². The molecule has 0 saturated heterocycles. The zero-order valence-electron chi connectivity index (χ0n) is 8.96. The second kappa shape index (κ2) is 9.19. The number of likely N-dealkylation sites (N-methyl/N-ethyl adjacent to an activating group) is 1. The molecule has 1 N–H and O–H groups in total. The number of methoxy groups -OCH3 is 1. The van der Waals surface area contributed by atoms with Crippen molar-refractivity contribution in [3.8, 4) is 0 Å². The molecule has 0 aliphatic carbocycles. The van der Waals surface area contributed by atoms with Crippen LogP contribution in [0, 0.1) is 5.92 Å². The van der Waals surface area contributed by atoms with Crippen LogP contribution >= 0.6 is 0 Å². The molecule has 0 amide bonds. The number of carbonyl (C=O) groups is 2. The predicted octanol–water partition coefficient (Wildman–Crippen LogP) is 0.609. The Morgan fingerprint density at radius 3 is 1.85 bits per heavy atom. The fraction of sp³-hybridized carbons (Fsp3) is 0.778. The third-order valence-electron chi connectivity index (χ3n) is 1.51. The molecule has 0 aliphatic heterocycles. The van der Waals surface area contributed by atoms with Crippen LogP contribution in [0.5, 0.6) is 0 Å². The van der Waals surface area contributed by atoms with E-state index in [2.05, 4.69) is 10.1 Å². The molecule has 0 spiro atoms. The van der Waals surface area contributed by atoms with Crippen LogP contribution in [0.4, 0.5) is 0 Å². The molecule has 4 nitrogen and oxygen atoms in total. The van der Waals surface area contributed by atoms with Gasteiger partial charge in [0, 0.05) is 0 Å². The van der Waals surface area contributed by atoms with Crippen molar-refractivity contribution >= 4 is 12.3 Å². The molecule has 13 heavy (non-hydrogen) atoms. The van der Waals surface area contributed by atoms with Gasteiger partial charge in [-0.25, -0.2) is 0 Å². The molecule has 0 radical (unpaired) electrons. The number of nitrogens with one attached hydrogen (secondary N) is 1. The first-order valence-electron chi connectivity index (χ1n) is 4.15. The summed E-state index contributed by atoms with van der Waals surface area (Å²) < 4.78 is 3.86. The van der Waals surface area contributed by atoms with Gasteiger partial charge in [0.2, 0.25) is 0 Å². The summed E-state index contributed by atoms with van der Waals surface area (Å²) >= 11 is 0. The highest BCUT2D eigenvalue weighted by atomic mass is 16.5. The standard InChI is InChI=1S/C7H15NO.C2H4O2/c1-5(2)7(8-4)6(3)9;1-4-2-3/h5,7-8H,1-4H3;2H,1H3/t7-;/m0./s1. The summed E-state index contributed by atoms with van der Waals surface area (Å²) in [6.45, 7) is 6.05. The van der Waals surface area contributed by atoms with Gasteiger partial charge in [-0.15, -0.1) is 0 Å². The van der Waals surface area contributed by atoms with Gasteiger partial charge < -0.3 is 10.1 Å². The minimum atomic E-state index is 0.0324. The average molecular weight is 189 g/mol. The zero-order chi connectivity index (χ0) is 10.9. The predicted molar refractivity (Wildman–Crippen MR) is 51.4 cm³/mol. The van der Waals surface area contributed by atoms with Crippen molar-refractivity contribution in [2.24, 2.45) is 5.92 Å². The van der Waals surface area contributed by atoms with Crippen LogP contribution in [0.1, 0.15) is 20.8 Å². The third-order valence-corrected chi connectivity index (χ3v) is 1.51. The lowest BCUT2D eigenvalue weighted by molar-refractivity contribution is -0.126. The Kier molecular flexibility index (Phi) is 10.3. The Hall–Kier alpha value is -0.900. The molecule has 4 heteroatoms. The zero-order valence-corrected chi connectivity index (χ0v) is 8.96. The largest absolute Gasteiger partial charge is 0.471 e. The first-order valence-corrected chi connectivity index (χ1v) is 4.15. The molecular formula is C9H19NO3. The first kappa shape index (κ1) is 14.6. The molecule has 0 bridgehead atoms. The second-order valence-corrected chi connectivity index (χ2v) is 2.95. The Bertz CT molecular complexity index is 146. The van der Waals surface area contributed by atoms with Crippen LogP contribution in [0.25, 0.3) is 0 Å². The Morgan fingerprint density at radius 1 is 1.46 bits per heavy atom. The van der Waals surface area contributed by atoms with Crippen molar-refractivity contribution in [3.05, 3.63) is 0 Å². The molecular weight excluding hydrogens is 170 g/mol. The normalized spacial score (nSPS) is 11.2. The maximum Gasteiger partial charge on any atom is 0.292 e. The quantitative estimate of drug-likeness (QED) is 0.658. The lowest BCUT2D eigenvalue weighted by atomic mass is 10.0. The van der Waals surface area contributed by atoms with Gasteiger partial charge in [-0.2, -0.15) is 0 Å². The van der Waals surface area contributed by atoms with Gasteiger partial charge in [-0.1, -0.05) is 13.8 Å². The van der Waals surface area contributed by atoms with E-state index >= 15 is 0 Å². The highest BCUT2D eigenvalue weighted by Crippen LogP contribution is 2.00. The number of hydrogen-bond acceptors (Lipinski definition) is 4. The van der Waals surface area contributed by atoms with E-state index in [-0.39, 0.29) is 11.8 Å². The molecule has 0 unspecified atom stereocenters. The maximum atomic E-state index is 10.8. The molecule has 0 aliphatic rings. The number of hydrogen-bond donors (Lipinski definition) is 1. The molecule has 0 aromatic carbocycles. The van der Waals surface area contributed by atoms with Gasteiger partial charge in [-0.05, 0) is 19.9 Å². The molecule has 78 valence electrons. The number of ketones is 1. The fourth-order valence-electron chi connectivity index (χ4n) is 1.01. The lowest BCUT2D eigenvalue weighted by Crippen LogP contribution is -2.36. The van der Waals surface area contributed by atoms with E-state index < -0.39 is 0 Å². The Labute approximate surface area is 79.7 Å². The van der Waals surface area contributed by atoms with Crippen molar-refractivity contribution in [1.82, 2.24) is 5.32 Å². The van der Waals surface area contributed by atoms with E-state index in [4.69, 9.17) is 4.79 Å². The highest BCUT2D eigenvalue weighted by molar-refractivity contribution is 5.81. The van der Waals surface area contributed by atoms with Gasteiger partial charge in [0.15, 0.2) is 0 Å². The van der Waals surface area contributed by atoms with Crippen LogP contribution < -0.4 is 5.32 Å². The van der Waals surface area contributed by atoms with Crippen molar-refractivity contribution in [2.45, 2.75) is 26.8 Å². The van der Waals surface area contributed by atoms with Crippen LogP contribution in [-0.2, 0) is 14.3 Å². The SMILES string of the molecule is CN[C@H](C(C)=O)C(C)C.COC=O. The van der Waals surface area contributed by atoms with E-state index in [0.29, 0.717) is 12.4 Å². The molecule has 0 rings (SSSR count). The van der Waals surface area contributed by atoms with Gasteiger partial charge >= 0.3 is 0 Å². The van der Waals surface area contributed by atoms with E-state index in [0.717, 1.165) is 0 Å². The molecule has 0 fully saturated rings. The smallest absolute Gasteiger partial charge is 0.292 e. The van der Waals surface area contributed by atoms with E-state index in [1.165, 1.54) is 7.11 Å². The Balaban J connectivity index is 0. The highest BCUT2D eigenvalue weighted by Gasteiger charge is 2.14. The van der Waals surface area contributed by atoms with Crippen molar-refractivity contribution in [2.75, 3.05) is 14.2 Å². The van der Waals surface area contributed by atoms with E-state index in [1.54, 1.807) is 6.92 Å². The summed E-state index contributed by atoms with van der Waals surface area (Å²) in [5.41, 5.74) is 0. The molecule has 0 aromatic heterocycles. The maximum absolute atomic E-state index is 10.8. The average Bonchev–Trinajstić information content (AvgIpc) is 2.04. The number of Topliss-reactive ketones (excluding diaryl/α,β-unsaturated/α-hetero) is 1. The molecule has 1 atom stereocenters. The van der Waals surface area contributed by atoms with Crippen molar-refractivity contribution in [3.63, 3.8) is 0 Å². The number of ether oxygens (including phenoxy) is 1. The van der Waals surface area contributed by atoms with Gasteiger partial charge in [0.1, 0.15) is 5.78 Å². The topological polar surface area (TPSA) is 55.4 Å². The third kappa shape index (κ3) is 9.01. The minimum absolute atomic E-state index is 0.0324. The summed E-state index contributed by atoms with van der Waals surface area (Å²) in [5, 5.41) is 2.95. The van der Waals surface area contributed by atoms with Crippen LogP contribution in [0.3, 0.4) is 0 Å². The first-order chi connectivity index (χ1) is 6.01. The van der Waals surface area contributed by atoms with Crippen LogP contribution in [0.15, 0.2) is 0 Å². The molecule has 0 saturated carbocycles. The van der Waals surface area contributed by atoms with Crippen molar-refractivity contribution in [1.29, 1.82) is 0 Å².